The van der Waals surface area contributed by atoms with E-state index in [1.807, 2.05) is 30.3 Å². The molecule has 1 aromatic carbocycles. The van der Waals surface area contributed by atoms with Gasteiger partial charge in [0.1, 0.15) is 0 Å². The number of nitrogens with one attached hydrogen (secondary N) is 2. The Labute approximate surface area is 242 Å². The van der Waals surface area contributed by atoms with Crippen molar-refractivity contribution in [3.63, 3.8) is 0 Å². The van der Waals surface area contributed by atoms with Crippen molar-refractivity contribution in [2.24, 2.45) is 11.3 Å². The topological polar surface area (TPSA) is 119 Å². The van der Waals surface area contributed by atoms with Gasteiger partial charge in [-0.25, -0.2) is 0 Å². The van der Waals surface area contributed by atoms with E-state index < -0.39 is 5.41 Å². The lowest BCUT2D eigenvalue weighted by atomic mass is 9.76. The maximum atomic E-state index is 13.5. The molecule has 10 nitrogen and oxygen atoms in total. The quantitative estimate of drug-likeness (QED) is 0.491. The minimum absolute atomic E-state index is 0.0968. The fourth-order valence-electron chi connectivity index (χ4n) is 5.29. The van der Waals surface area contributed by atoms with E-state index in [-0.39, 0.29) is 37.5 Å². The second-order valence-corrected chi connectivity index (χ2v) is 10.9. The lowest BCUT2D eigenvalue weighted by molar-refractivity contribution is -0.156. The van der Waals surface area contributed by atoms with Gasteiger partial charge in [0.15, 0.2) is 18.1 Å². The third-order valence-electron chi connectivity index (χ3n) is 7.58. The largest absolute Gasteiger partial charge is 0.493 e. The highest BCUT2D eigenvalue weighted by Gasteiger charge is 2.44. The van der Waals surface area contributed by atoms with E-state index in [1.54, 1.807) is 26.3 Å². The molecule has 2 heterocycles. The van der Waals surface area contributed by atoms with Crippen LogP contribution in [0.25, 0.3) is 0 Å². The lowest BCUT2D eigenvalue weighted by Crippen LogP contribution is -2.46. The zero-order valence-electron chi connectivity index (χ0n) is 24.2. The number of aromatic nitrogens is 1. The molecule has 1 atom stereocenters. The molecule has 2 aliphatic rings. The number of pyridine rings is 1. The maximum Gasteiger partial charge on any atom is 0.314 e. The van der Waals surface area contributed by atoms with E-state index in [0.29, 0.717) is 69.3 Å². The summed E-state index contributed by atoms with van der Waals surface area (Å²) in [5.74, 6) is 0.694. The van der Waals surface area contributed by atoms with Gasteiger partial charge in [-0.15, -0.1) is 0 Å². The normalized spacial score (nSPS) is 21.4. The standard InChI is InChI=1S/C31H42N4O6/c1-3-40-30(38)31(18-23-9-10-23)19-24-11-12-26(39-2)27(17-24)41-21-29(37)33-14-16-35(15-6-8-28(36)34-22-31)20-25-7-4-5-13-32-25/h4-5,7,11-13,17,23H,3,6,8-10,14-16,18-22H2,1-2H3,(H,33,37)(H,34,36). The van der Waals surface area contributed by atoms with E-state index in [0.717, 1.165) is 24.1 Å². The highest BCUT2D eigenvalue weighted by molar-refractivity contribution is 5.80. The number of rotatable bonds is 7. The van der Waals surface area contributed by atoms with Crippen molar-refractivity contribution in [1.29, 1.82) is 0 Å². The molecule has 1 unspecified atom stereocenters. The number of ether oxygens (including phenoxy) is 3. The van der Waals surface area contributed by atoms with Crippen LogP contribution in [0.1, 0.15) is 50.3 Å². The molecule has 2 bridgehead atoms. The van der Waals surface area contributed by atoms with Crippen LogP contribution in [-0.4, -0.2) is 74.2 Å². The Balaban J connectivity index is 1.58. The van der Waals surface area contributed by atoms with Crippen molar-refractivity contribution in [3.8, 4) is 11.5 Å². The van der Waals surface area contributed by atoms with Gasteiger partial charge >= 0.3 is 5.97 Å². The van der Waals surface area contributed by atoms with Crippen LogP contribution in [0, 0.1) is 11.3 Å². The van der Waals surface area contributed by atoms with Crippen LogP contribution < -0.4 is 20.1 Å². The fourth-order valence-corrected chi connectivity index (χ4v) is 5.29. The Morgan fingerprint density at radius 3 is 2.73 bits per heavy atom. The summed E-state index contributed by atoms with van der Waals surface area (Å²) in [6.45, 7) is 4.37. The van der Waals surface area contributed by atoms with Gasteiger partial charge < -0.3 is 24.8 Å². The third-order valence-corrected chi connectivity index (χ3v) is 7.58. The number of carbonyl (C=O) groups is 3. The minimum atomic E-state index is -0.910. The average Bonchev–Trinajstić information content (AvgIpc) is 3.79. The molecule has 1 fully saturated rings. The summed E-state index contributed by atoms with van der Waals surface area (Å²) in [6.07, 6.45) is 5.84. The number of esters is 1. The van der Waals surface area contributed by atoms with Gasteiger partial charge in [-0.05, 0) is 68.5 Å². The molecular weight excluding hydrogens is 524 g/mol. The van der Waals surface area contributed by atoms with Crippen molar-refractivity contribution in [2.45, 2.75) is 52.0 Å². The monoisotopic (exact) mass is 566 g/mol. The van der Waals surface area contributed by atoms with Crippen molar-refractivity contribution in [1.82, 2.24) is 20.5 Å². The first kappa shape index (κ1) is 30.3. The van der Waals surface area contributed by atoms with Gasteiger partial charge in [-0.2, -0.15) is 0 Å². The molecule has 1 aliphatic heterocycles. The van der Waals surface area contributed by atoms with Crippen molar-refractivity contribution in [3.05, 3.63) is 53.9 Å². The second kappa shape index (κ2) is 14.8. The number of hydrogen-bond acceptors (Lipinski definition) is 8. The molecule has 2 aromatic rings. The smallest absolute Gasteiger partial charge is 0.314 e. The number of hydrogen-bond donors (Lipinski definition) is 2. The Bertz CT molecular complexity index is 1170. The molecular formula is C31H42N4O6. The van der Waals surface area contributed by atoms with E-state index in [2.05, 4.69) is 20.5 Å². The van der Waals surface area contributed by atoms with Crippen LogP contribution in [0.5, 0.6) is 11.5 Å². The summed E-state index contributed by atoms with van der Waals surface area (Å²) < 4.78 is 16.9. The van der Waals surface area contributed by atoms with Crippen LogP contribution in [0.15, 0.2) is 42.6 Å². The highest BCUT2D eigenvalue weighted by Crippen LogP contribution is 2.43. The van der Waals surface area contributed by atoms with Crippen LogP contribution in [0.4, 0.5) is 0 Å². The van der Waals surface area contributed by atoms with Crippen LogP contribution in [-0.2, 0) is 32.1 Å². The van der Waals surface area contributed by atoms with Crippen LogP contribution >= 0.6 is 0 Å². The minimum Gasteiger partial charge on any atom is -0.493 e. The predicted octanol–water partition coefficient (Wildman–Crippen LogP) is 2.89. The summed E-state index contributed by atoms with van der Waals surface area (Å²) in [5, 5.41) is 5.99. The number of fused-ring (bicyclic) bond motifs is 2. The molecule has 1 aromatic heterocycles. The van der Waals surface area contributed by atoms with Crippen molar-refractivity contribution < 1.29 is 28.6 Å². The first-order valence-electron chi connectivity index (χ1n) is 14.5. The van der Waals surface area contributed by atoms with Crippen molar-refractivity contribution >= 4 is 17.8 Å². The molecule has 1 aliphatic carbocycles. The highest BCUT2D eigenvalue weighted by atomic mass is 16.5. The molecule has 2 amide bonds. The molecule has 0 saturated heterocycles. The van der Waals surface area contributed by atoms with Gasteiger partial charge in [0.05, 0.1) is 24.8 Å². The van der Waals surface area contributed by atoms with Gasteiger partial charge in [-0.1, -0.05) is 25.0 Å². The Morgan fingerprint density at radius 2 is 2.00 bits per heavy atom. The number of benzene rings is 1. The molecule has 222 valence electrons. The first-order chi connectivity index (χ1) is 19.9. The molecule has 41 heavy (non-hydrogen) atoms. The van der Waals surface area contributed by atoms with Gasteiger partial charge in [-0.3, -0.25) is 24.3 Å². The van der Waals surface area contributed by atoms with E-state index >= 15 is 0 Å². The summed E-state index contributed by atoms with van der Waals surface area (Å²) >= 11 is 0. The molecule has 0 radical (unpaired) electrons. The van der Waals surface area contributed by atoms with Gasteiger partial charge in [0.25, 0.3) is 5.91 Å². The zero-order chi connectivity index (χ0) is 29.1. The van der Waals surface area contributed by atoms with Crippen LogP contribution in [0.2, 0.25) is 0 Å². The molecule has 1 saturated carbocycles. The molecule has 0 spiro atoms. The molecule has 2 N–H and O–H groups in total. The third kappa shape index (κ3) is 9.18. The molecule has 10 heteroatoms. The maximum absolute atomic E-state index is 13.5. The van der Waals surface area contributed by atoms with Crippen LogP contribution in [0.3, 0.4) is 0 Å². The summed E-state index contributed by atoms with van der Waals surface area (Å²) in [7, 11) is 1.54. The fraction of sp³-hybridized carbons (Fsp3) is 0.548. The van der Waals surface area contributed by atoms with E-state index in [4.69, 9.17) is 14.2 Å². The number of amides is 2. The Morgan fingerprint density at radius 1 is 1.15 bits per heavy atom. The molecule has 4 rings (SSSR count). The summed E-state index contributed by atoms with van der Waals surface area (Å²) in [5.41, 5.74) is 0.849. The van der Waals surface area contributed by atoms with Gasteiger partial charge in [0.2, 0.25) is 5.91 Å². The lowest BCUT2D eigenvalue weighted by Gasteiger charge is -2.32. The van der Waals surface area contributed by atoms with E-state index in [1.165, 1.54) is 0 Å². The van der Waals surface area contributed by atoms with Gasteiger partial charge in [0, 0.05) is 38.8 Å². The zero-order valence-corrected chi connectivity index (χ0v) is 24.2. The van der Waals surface area contributed by atoms with E-state index in [9.17, 15) is 14.4 Å². The average molecular weight is 567 g/mol. The van der Waals surface area contributed by atoms with Crippen molar-refractivity contribution in [2.75, 3.05) is 46.5 Å². The summed E-state index contributed by atoms with van der Waals surface area (Å²) in [6, 6.07) is 11.3. The number of carbonyl (C=O) groups excluding carboxylic acids is 3. The Hall–Kier alpha value is -3.66. The predicted molar refractivity (Wildman–Crippen MR) is 153 cm³/mol. The first-order valence-corrected chi connectivity index (χ1v) is 14.5. The number of nitrogens with zero attached hydrogens (tertiary/aromatic N) is 2. The number of methoxy groups -OCH3 is 1. The Kier molecular flexibility index (Phi) is 11.0. The summed E-state index contributed by atoms with van der Waals surface area (Å²) in [4.78, 5) is 45.8. The SMILES string of the molecule is CCOC(=O)C1(CC2CC2)CNC(=O)CCCN(Cc2ccccn2)CCNC(=O)COc2cc(ccc2OC)C1. The second-order valence-electron chi connectivity index (χ2n) is 10.9.